The Hall–Kier alpha value is -2.90. The van der Waals surface area contributed by atoms with Crippen LogP contribution in [0.5, 0.6) is 0 Å². The maximum Gasteiger partial charge on any atom is 0.425 e. The zero-order chi connectivity index (χ0) is 23.8. The van der Waals surface area contributed by atoms with Crippen molar-refractivity contribution in [1.82, 2.24) is 14.8 Å². The summed E-state index contributed by atoms with van der Waals surface area (Å²) in [6.07, 6.45) is -8.60. The minimum atomic E-state index is -4.95. The Morgan fingerprint density at radius 1 is 1.38 bits per heavy atom. The number of halogens is 8. The van der Waals surface area contributed by atoms with Gasteiger partial charge in [0.15, 0.2) is 11.9 Å². The Morgan fingerprint density at radius 3 is 2.62 bits per heavy atom. The summed E-state index contributed by atoms with van der Waals surface area (Å²) < 4.78 is 97.9. The van der Waals surface area contributed by atoms with Crippen molar-refractivity contribution in [3.05, 3.63) is 46.3 Å². The molecule has 32 heavy (non-hydrogen) atoms. The number of rotatable bonds is 6. The SMILES string of the molecule is NC1=N[C@](CF)(c2nc(CC(=O)c3nn(C(F)F)cc3Cl)ccc2F)C[C@@H](C(F)(F)F)O1. The summed E-state index contributed by atoms with van der Waals surface area (Å²) in [7, 11) is 0. The average molecular weight is 488 g/mol. The number of Topliss-reactive ketones (excluding diaryl/α,β-unsaturated/α-hetero) is 1. The van der Waals surface area contributed by atoms with Gasteiger partial charge in [-0.3, -0.25) is 9.78 Å². The molecule has 0 aliphatic carbocycles. The van der Waals surface area contributed by atoms with Gasteiger partial charge in [0.1, 0.15) is 29.4 Å². The second-order valence-corrected chi connectivity index (χ2v) is 7.19. The van der Waals surface area contributed by atoms with Gasteiger partial charge in [-0.1, -0.05) is 11.6 Å². The highest BCUT2D eigenvalue weighted by Gasteiger charge is 2.52. The van der Waals surface area contributed by atoms with Gasteiger partial charge in [-0.25, -0.2) is 18.5 Å². The minimum Gasteiger partial charge on any atom is -0.452 e. The molecule has 0 fully saturated rings. The Bertz CT molecular complexity index is 1060. The third kappa shape index (κ3) is 4.64. The first-order valence-corrected chi connectivity index (χ1v) is 9.10. The lowest BCUT2D eigenvalue weighted by atomic mass is 9.88. The van der Waals surface area contributed by atoms with Crippen molar-refractivity contribution in [2.24, 2.45) is 10.7 Å². The number of pyridine rings is 1. The molecule has 0 bridgehead atoms. The van der Waals surface area contributed by atoms with E-state index in [0.717, 1.165) is 18.3 Å². The van der Waals surface area contributed by atoms with Crippen molar-refractivity contribution in [3.8, 4) is 0 Å². The van der Waals surface area contributed by atoms with Gasteiger partial charge in [0.25, 0.3) is 6.02 Å². The van der Waals surface area contributed by atoms with Crippen molar-refractivity contribution >= 4 is 23.4 Å². The number of ether oxygens (including phenoxy) is 1. The molecule has 0 amide bonds. The highest BCUT2D eigenvalue weighted by atomic mass is 35.5. The summed E-state index contributed by atoms with van der Waals surface area (Å²) in [6, 6.07) is 0.753. The van der Waals surface area contributed by atoms with Gasteiger partial charge in [0.2, 0.25) is 0 Å². The summed E-state index contributed by atoms with van der Waals surface area (Å²) in [4.78, 5) is 19.7. The summed E-state index contributed by atoms with van der Waals surface area (Å²) >= 11 is 5.73. The van der Waals surface area contributed by atoms with E-state index < -0.39 is 72.9 Å². The van der Waals surface area contributed by atoms with E-state index in [4.69, 9.17) is 17.3 Å². The molecule has 0 aromatic carbocycles. The van der Waals surface area contributed by atoms with E-state index in [1.807, 2.05) is 0 Å². The second kappa shape index (κ2) is 8.56. The van der Waals surface area contributed by atoms with Crippen molar-refractivity contribution in [2.75, 3.05) is 6.67 Å². The number of hydrogen-bond donors (Lipinski definition) is 1. The van der Waals surface area contributed by atoms with Gasteiger partial charge < -0.3 is 10.5 Å². The van der Waals surface area contributed by atoms with Crippen molar-refractivity contribution in [1.29, 1.82) is 0 Å². The molecule has 7 nitrogen and oxygen atoms in total. The minimum absolute atomic E-state index is 0.147. The van der Waals surface area contributed by atoms with E-state index in [1.165, 1.54) is 0 Å². The summed E-state index contributed by atoms with van der Waals surface area (Å²) in [6.45, 7) is -4.66. The zero-order valence-corrected chi connectivity index (χ0v) is 16.5. The molecule has 0 saturated carbocycles. The fourth-order valence-electron chi connectivity index (χ4n) is 3.07. The summed E-state index contributed by atoms with van der Waals surface area (Å²) in [5, 5.41) is 2.97. The highest BCUT2D eigenvalue weighted by Crippen LogP contribution is 2.40. The molecule has 3 heterocycles. The molecule has 15 heteroatoms. The van der Waals surface area contributed by atoms with Crippen LogP contribution in [-0.2, 0) is 16.7 Å². The predicted octanol–water partition coefficient (Wildman–Crippen LogP) is 3.72. The molecule has 0 saturated heterocycles. The molecular weight excluding hydrogens is 475 g/mol. The van der Waals surface area contributed by atoms with Crippen molar-refractivity contribution in [2.45, 2.75) is 37.2 Å². The Morgan fingerprint density at radius 2 is 2.06 bits per heavy atom. The first kappa shape index (κ1) is 23.8. The van der Waals surface area contributed by atoms with Crippen LogP contribution in [0.25, 0.3) is 0 Å². The van der Waals surface area contributed by atoms with Crippen LogP contribution in [0.2, 0.25) is 5.02 Å². The first-order valence-electron chi connectivity index (χ1n) is 8.73. The largest absolute Gasteiger partial charge is 0.452 e. The molecule has 2 aromatic rings. The lowest BCUT2D eigenvalue weighted by molar-refractivity contribution is -0.209. The standard InChI is InChI=1S/C17H13ClF7N5O2/c18-8-5-30(14(21)22)29-12(8)10(31)3-7-1-2-9(20)13(27-7)16(6-19)4-11(17(23,24)25)32-15(26)28-16/h1-2,5,11,14H,3-4,6H2,(H2,26,28)/t11-,16+/m0/s1. The molecule has 2 atom stereocenters. The van der Waals surface area contributed by atoms with E-state index >= 15 is 0 Å². The molecule has 0 radical (unpaired) electrons. The predicted molar refractivity (Wildman–Crippen MR) is 95.5 cm³/mol. The number of ketones is 1. The Balaban J connectivity index is 1.96. The normalized spacial score (nSPS) is 21.4. The average Bonchev–Trinajstić information content (AvgIpc) is 3.10. The number of carbonyl (C=O) groups is 1. The van der Waals surface area contributed by atoms with Gasteiger partial charge in [0, 0.05) is 12.1 Å². The Kier molecular flexibility index (Phi) is 6.36. The number of aliphatic imine (C=N–C) groups is 1. The Labute approximate surface area is 180 Å². The van der Waals surface area contributed by atoms with Crippen LogP contribution in [0.1, 0.15) is 34.8 Å². The number of nitrogens with zero attached hydrogens (tertiary/aromatic N) is 4. The van der Waals surface area contributed by atoms with Gasteiger partial charge in [-0.2, -0.15) is 27.1 Å². The van der Waals surface area contributed by atoms with Crippen LogP contribution in [0.3, 0.4) is 0 Å². The van der Waals surface area contributed by atoms with Gasteiger partial charge in [-0.15, -0.1) is 0 Å². The van der Waals surface area contributed by atoms with Crippen LogP contribution in [0.15, 0.2) is 23.3 Å². The molecule has 1 aliphatic heterocycles. The van der Waals surface area contributed by atoms with Crippen LogP contribution >= 0.6 is 11.6 Å². The maximum atomic E-state index is 14.5. The smallest absolute Gasteiger partial charge is 0.425 e. The zero-order valence-electron chi connectivity index (χ0n) is 15.7. The molecule has 1 aliphatic rings. The third-order valence-corrected chi connectivity index (χ3v) is 4.81. The van der Waals surface area contributed by atoms with Crippen LogP contribution < -0.4 is 5.73 Å². The van der Waals surface area contributed by atoms with Gasteiger partial charge in [0.05, 0.1) is 17.6 Å². The molecule has 3 rings (SSSR count). The number of hydrogen-bond acceptors (Lipinski definition) is 6. The fraction of sp³-hybridized carbons (Fsp3) is 0.412. The molecule has 0 unspecified atom stereocenters. The number of nitrogens with two attached hydrogens (primary N) is 1. The van der Waals surface area contributed by atoms with Crippen LogP contribution in [-0.4, -0.2) is 45.5 Å². The molecular formula is C17H13ClF7N5O2. The van der Waals surface area contributed by atoms with Crippen molar-refractivity contribution < 1.29 is 40.3 Å². The number of carbonyl (C=O) groups excluding carboxylic acids is 1. The van der Waals surface area contributed by atoms with E-state index in [0.29, 0.717) is 0 Å². The highest BCUT2D eigenvalue weighted by molar-refractivity contribution is 6.33. The van der Waals surface area contributed by atoms with E-state index in [-0.39, 0.29) is 15.4 Å². The molecule has 2 N–H and O–H groups in total. The quantitative estimate of drug-likeness (QED) is 0.495. The summed E-state index contributed by atoms with van der Waals surface area (Å²) in [5.74, 6) is -2.09. The molecule has 0 spiro atoms. The van der Waals surface area contributed by atoms with Crippen molar-refractivity contribution in [3.63, 3.8) is 0 Å². The topological polar surface area (TPSA) is 95.4 Å². The van der Waals surface area contributed by atoms with Gasteiger partial charge in [-0.05, 0) is 12.1 Å². The molecule has 2 aromatic heterocycles. The van der Waals surface area contributed by atoms with Crippen LogP contribution in [0, 0.1) is 5.82 Å². The van der Waals surface area contributed by atoms with E-state index in [1.54, 1.807) is 0 Å². The third-order valence-electron chi connectivity index (χ3n) is 4.53. The van der Waals surface area contributed by atoms with E-state index in [2.05, 4.69) is 19.8 Å². The first-order chi connectivity index (χ1) is 14.9. The maximum absolute atomic E-state index is 14.5. The fourth-order valence-corrected chi connectivity index (χ4v) is 3.31. The van der Waals surface area contributed by atoms with E-state index in [9.17, 15) is 35.5 Å². The number of amidine groups is 1. The summed E-state index contributed by atoms with van der Waals surface area (Å²) in [5.41, 5.74) is 1.25. The van der Waals surface area contributed by atoms with Gasteiger partial charge >= 0.3 is 12.7 Å². The van der Waals surface area contributed by atoms with Crippen LogP contribution in [0.4, 0.5) is 30.7 Å². The second-order valence-electron chi connectivity index (χ2n) is 6.78. The lowest BCUT2D eigenvalue weighted by Crippen LogP contribution is -2.48. The number of aromatic nitrogens is 3. The monoisotopic (exact) mass is 487 g/mol. The lowest BCUT2D eigenvalue weighted by Gasteiger charge is -2.35. The number of alkyl halides is 6. The molecule has 174 valence electrons.